The van der Waals surface area contributed by atoms with Crippen molar-refractivity contribution in [2.75, 3.05) is 14.1 Å². The van der Waals surface area contributed by atoms with Gasteiger partial charge in [0.1, 0.15) is 11.7 Å². The molecule has 0 radical (unpaired) electrons. The predicted octanol–water partition coefficient (Wildman–Crippen LogP) is 1.33. The van der Waals surface area contributed by atoms with Crippen molar-refractivity contribution in [1.82, 2.24) is 4.90 Å². The summed E-state index contributed by atoms with van der Waals surface area (Å²) in [5, 5.41) is 0. The zero-order valence-electron chi connectivity index (χ0n) is 9.34. The molecule has 3 nitrogen and oxygen atoms in total. The molecule has 0 heterocycles. The van der Waals surface area contributed by atoms with Crippen LogP contribution in [0.25, 0.3) is 0 Å². The molecular formula is C10H19NO2. The maximum absolute atomic E-state index is 11.6. The van der Waals surface area contributed by atoms with E-state index in [2.05, 4.69) is 0 Å². The van der Waals surface area contributed by atoms with E-state index in [0.29, 0.717) is 0 Å². The van der Waals surface area contributed by atoms with Crippen molar-refractivity contribution < 1.29 is 9.59 Å². The SMILES string of the molecule is CC(=O)C(C(=O)N(C)C)C(C)(C)C. The zero-order valence-corrected chi connectivity index (χ0v) is 9.34. The van der Waals surface area contributed by atoms with Crippen molar-refractivity contribution in [1.29, 1.82) is 0 Å². The van der Waals surface area contributed by atoms with Gasteiger partial charge in [0.25, 0.3) is 0 Å². The van der Waals surface area contributed by atoms with Gasteiger partial charge in [-0.05, 0) is 12.3 Å². The fraction of sp³-hybridized carbons (Fsp3) is 0.800. The second kappa shape index (κ2) is 3.90. The van der Waals surface area contributed by atoms with E-state index in [4.69, 9.17) is 0 Å². The highest BCUT2D eigenvalue weighted by atomic mass is 16.2. The first-order valence-corrected chi connectivity index (χ1v) is 4.39. The molecule has 0 saturated heterocycles. The van der Waals surface area contributed by atoms with E-state index in [9.17, 15) is 9.59 Å². The third-order valence-electron chi connectivity index (χ3n) is 1.96. The molecule has 0 aliphatic heterocycles. The second-order valence-corrected chi connectivity index (χ2v) is 4.64. The van der Waals surface area contributed by atoms with Crippen molar-refractivity contribution in [3.05, 3.63) is 0 Å². The van der Waals surface area contributed by atoms with Crippen LogP contribution in [0.5, 0.6) is 0 Å². The van der Waals surface area contributed by atoms with Crippen LogP contribution in [-0.4, -0.2) is 30.7 Å². The first-order chi connectivity index (χ1) is 5.68. The minimum Gasteiger partial charge on any atom is -0.348 e. The Kier molecular flexibility index (Phi) is 3.64. The number of hydrogen-bond acceptors (Lipinski definition) is 2. The van der Waals surface area contributed by atoms with E-state index >= 15 is 0 Å². The van der Waals surface area contributed by atoms with Crippen LogP contribution in [-0.2, 0) is 9.59 Å². The molecule has 0 aliphatic rings. The zero-order chi connectivity index (χ0) is 10.8. The molecule has 1 unspecified atom stereocenters. The Labute approximate surface area is 80.1 Å². The lowest BCUT2D eigenvalue weighted by atomic mass is 9.77. The van der Waals surface area contributed by atoms with Crippen molar-refractivity contribution >= 4 is 11.7 Å². The van der Waals surface area contributed by atoms with E-state index in [0.717, 1.165) is 0 Å². The average Bonchev–Trinajstić information content (AvgIpc) is 1.82. The summed E-state index contributed by atoms with van der Waals surface area (Å²) in [4.78, 5) is 24.4. The number of hydrogen-bond donors (Lipinski definition) is 0. The molecule has 0 rings (SSSR count). The summed E-state index contributed by atoms with van der Waals surface area (Å²) in [6.45, 7) is 7.18. The highest BCUT2D eigenvalue weighted by Crippen LogP contribution is 2.27. The normalized spacial score (nSPS) is 13.7. The van der Waals surface area contributed by atoms with Crippen LogP contribution >= 0.6 is 0 Å². The van der Waals surface area contributed by atoms with Crippen molar-refractivity contribution in [3.8, 4) is 0 Å². The number of nitrogens with zero attached hydrogens (tertiary/aromatic N) is 1. The third-order valence-corrected chi connectivity index (χ3v) is 1.96. The Bertz CT molecular complexity index is 213. The van der Waals surface area contributed by atoms with Crippen molar-refractivity contribution in [2.45, 2.75) is 27.7 Å². The Morgan fingerprint density at radius 1 is 1.15 bits per heavy atom. The molecule has 0 aromatic rings. The van der Waals surface area contributed by atoms with Gasteiger partial charge in [0.2, 0.25) is 5.91 Å². The van der Waals surface area contributed by atoms with Gasteiger partial charge in [0.15, 0.2) is 0 Å². The number of carbonyl (C=O) groups excluding carboxylic acids is 2. The van der Waals surface area contributed by atoms with Crippen LogP contribution in [0.3, 0.4) is 0 Å². The lowest BCUT2D eigenvalue weighted by molar-refractivity contribution is -0.143. The molecule has 0 aromatic carbocycles. The van der Waals surface area contributed by atoms with Crippen LogP contribution in [0.15, 0.2) is 0 Å². The summed E-state index contributed by atoms with van der Waals surface area (Å²) in [5.74, 6) is -0.700. The predicted molar refractivity (Wildman–Crippen MR) is 52.3 cm³/mol. The van der Waals surface area contributed by atoms with Crippen LogP contribution in [0.1, 0.15) is 27.7 Å². The molecule has 0 aliphatic carbocycles. The fourth-order valence-electron chi connectivity index (χ4n) is 1.41. The van der Waals surface area contributed by atoms with Gasteiger partial charge < -0.3 is 4.90 Å². The Balaban J connectivity index is 4.84. The molecule has 0 spiro atoms. The molecule has 0 aromatic heterocycles. The molecule has 0 fully saturated rings. The highest BCUT2D eigenvalue weighted by Gasteiger charge is 2.35. The van der Waals surface area contributed by atoms with Crippen LogP contribution in [0.2, 0.25) is 0 Å². The highest BCUT2D eigenvalue weighted by molar-refractivity contribution is 6.00. The summed E-state index contributed by atoms with van der Waals surface area (Å²) >= 11 is 0. The smallest absolute Gasteiger partial charge is 0.233 e. The lowest BCUT2D eigenvalue weighted by Gasteiger charge is -2.29. The number of ketones is 1. The van der Waals surface area contributed by atoms with Gasteiger partial charge in [-0.2, -0.15) is 0 Å². The van der Waals surface area contributed by atoms with E-state index < -0.39 is 5.92 Å². The molecule has 76 valence electrons. The Morgan fingerprint density at radius 2 is 1.54 bits per heavy atom. The van der Waals surface area contributed by atoms with E-state index in [1.807, 2.05) is 20.8 Å². The maximum atomic E-state index is 11.6. The Morgan fingerprint density at radius 3 is 1.62 bits per heavy atom. The first kappa shape index (κ1) is 12.1. The second-order valence-electron chi connectivity index (χ2n) is 4.64. The summed E-state index contributed by atoms with van der Waals surface area (Å²) in [6.07, 6.45) is 0. The summed E-state index contributed by atoms with van der Waals surface area (Å²) < 4.78 is 0. The lowest BCUT2D eigenvalue weighted by Crippen LogP contribution is -2.41. The molecule has 1 amide bonds. The number of carbonyl (C=O) groups is 2. The number of rotatable bonds is 2. The van der Waals surface area contributed by atoms with Crippen molar-refractivity contribution in [3.63, 3.8) is 0 Å². The molecule has 1 atom stereocenters. The monoisotopic (exact) mass is 185 g/mol. The molecule has 0 bridgehead atoms. The van der Waals surface area contributed by atoms with Gasteiger partial charge >= 0.3 is 0 Å². The molecule has 13 heavy (non-hydrogen) atoms. The van der Waals surface area contributed by atoms with Gasteiger partial charge in [-0.25, -0.2) is 0 Å². The standard InChI is InChI=1S/C10H19NO2/c1-7(12)8(10(2,3)4)9(13)11(5)6/h8H,1-6H3. The molecule has 0 saturated carbocycles. The van der Waals surface area contributed by atoms with E-state index in [1.54, 1.807) is 14.1 Å². The van der Waals surface area contributed by atoms with Gasteiger partial charge in [-0.3, -0.25) is 9.59 Å². The minimum absolute atomic E-state index is 0.0637. The average molecular weight is 185 g/mol. The molecule has 0 N–H and O–H groups in total. The van der Waals surface area contributed by atoms with E-state index in [1.165, 1.54) is 11.8 Å². The largest absolute Gasteiger partial charge is 0.348 e. The van der Waals surface area contributed by atoms with Crippen LogP contribution < -0.4 is 0 Å². The Hall–Kier alpha value is -0.860. The van der Waals surface area contributed by atoms with Gasteiger partial charge in [0.05, 0.1) is 0 Å². The van der Waals surface area contributed by atoms with Gasteiger partial charge in [-0.15, -0.1) is 0 Å². The number of amides is 1. The topological polar surface area (TPSA) is 37.4 Å². The van der Waals surface area contributed by atoms with Crippen LogP contribution in [0.4, 0.5) is 0 Å². The summed E-state index contributed by atoms with van der Waals surface area (Å²) in [5.41, 5.74) is -0.298. The fourth-order valence-corrected chi connectivity index (χ4v) is 1.41. The maximum Gasteiger partial charge on any atom is 0.233 e. The quantitative estimate of drug-likeness (QED) is 0.608. The first-order valence-electron chi connectivity index (χ1n) is 4.39. The summed E-state index contributed by atoms with van der Waals surface area (Å²) in [7, 11) is 3.34. The van der Waals surface area contributed by atoms with E-state index in [-0.39, 0.29) is 17.1 Å². The third kappa shape index (κ3) is 3.17. The molecule has 3 heteroatoms. The van der Waals surface area contributed by atoms with Gasteiger partial charge in [-0.1, -0.05) is 20.8 Å². The van der Waals surface area contributed by atoms with Crippen LogP contribution in [0, 0.1) is 11.3 Å². The van der Waals surface area contributed by atoms with Gasteiger partial charge in [0, 0.05) is 14.1 Å². The van der Waals surface area contributed by atoms with Crippen molar-refractivity contribution in [2.24, 2.45) is 11.3 Å². The number of Topliss-reactive ketones (excluding diaryl/α,β-unsaturated/α-hetero) is 1. The molecular weight excluding hydrogens is 166 g/mol. The summed E-state index contributed by atoms with van der Waals surface area (Å²) in [6, 6.07) is 0. The minimum atomic E-state index is -0.525.